The third-order valence-corrected chi connectivity index (χ3v) is 13.3. The Bertz CT molecular complexity index is 2110. The molecule has 0 fully saturated rings. The van der Waals surface area contributed by atoms with Crippen LogP contribution in [0.3, 0.4) is 0 Å². The fourth-order valence-corrected chi connectivity index (χ4v) is 8.39. The number of ether oxygens (including phenoxy) is 3. The summed E-state index contributed by atoms with van der Waals surface area (Å²) in [5.74, 6) is -1.60. The van der Waals surface area contributed by atoms with Gasteiger partial charge in [0, 0.05) is 19.3 Å². The highest BCUT2D eigenvalue weighted by atomic mass is 31.2. The minimum Gasteiger partial charge on any atom is -0.462 e. The van der Waals surface area contributed by atoms with Crippen molar-refractivity contribution in [1.82, 2.24) is 0 Å². The van der Waals surface area contributed by atoms with E-state index < -0.39 is 57.8 Å². The molecule has 0 aromatic carbocycles. The summed E-state index contributed by atoms with van der Waals surface area (Å²) in [5, 5.41) is 9.86. The van der Waals surface area contributed by atoms with E-state index in [1.807, 2.05) is 0 Å². The van der Waals surface area contributed by atoms with Crippen LogP contribution in [0.5, 0.6) is 0 Å². The number of carbonyl (C=O) groups is 3. The lowest BCUT2D eigenvalue weighted by Gasteiger charge is -2.21. The molecule has 0 amide bonds. The van der Waals surface area contributed by atoms with Crippen LogP contribution in [0.25, 0.3) is 0 Å². The van der Waals surface area contributed by atoms with E-state index in [4.69, 9.17) is 23.3 Å². The summed E-state index contributed by atoms with van der Waals surface area (Å²) < 4.78 is 39.6. The van der Waals surface area contributed by atoms with Gasteiger partial charge < -0.3 is 24.2 Å². The topological polar surface area (TPSA) is 155 Å². The lowest BCUT2D eigenvalue weighted by molar-refractivity contribution is -0.161. The number of aliphatic hydroxyl groups excluding tert-OH is 1. The molecular formula is C72H111O11P. The van der Waals surface area contributed by atoms with Gasteiger partial charge in [-0.05, 0) is 154 Å². The molecule has 0 saturated carbocycles. The van der Waals surface area contributed by atoms with Crippen molar-refractivity contribution in [2.24, 2.45) is 0 Å². The van der Waals surface area contributed by atoms with Gasteiger partial charge in [-0.15, -0.1) is 0 Å². The second-order valence-corrected chi connectivity index (χ2v) is 21.5. The second-order valence-electron chi connectivity index (χ2n) is 20.1. The summed E-state index contributed by atoms with van der Waals surface area (Å²) in [6.07, 6.45) is 87.0. The van der Waals surface area contributed by atoms with Crippen LogP contribution in [0.1, 0.15) is 213 Å². The number of carbonyl (C=O) groups excluding carboxylic acids is 3. The van der Waals surface area contributed by atoms with Crippen LogP contribution in [0.4, 0.5) is 0 Å². The molecule has 0 aromatic rings. The Labute approximate surface area is 509 Å². The highest BCUT2D eigenvalue weighted by Crippen LogP contribution is 2.43. The number of esters is 3. The minimum absolute atomic E-state index is 0.106. The zero-order valence-electron chi connectivity index (χ0n) is 52.0. The quantitative estimate of drug-likeness (QED) is 0.0197. The molecular weight excluding hydrogens is 1070 g/mol. The van der Waals surface area contributed by atoms with Gasteiger partial charge in [-0.3, -0.25) is 23.4 Å². The van der Waals surface area contributed by atoms with Crippen molar-refractivity contribution in [3.63, 3.8) is 0 Å². The molecule has 3 atom stereocenters. The van der Waals surface area contributed by atoms with Gasteiger partial charge in [-0.1, -0.05) is 222 Å². The first-order chi connectivity index (χ1) is 41.2. The summed E-state index contributed by atoms with van der Waals surface area (Å²) in [4.78, 5) is 48.8. The first-order valence-electron chi connectivity index (χ1n) is 31.7. The zero-order chi connectivity index (χ0) is 61.2. The number of phosphoric ester groups is 1. The fraction of sp³-hybridized carbons (Fsp3) is 0.542. The molecule has 0 saturated heterocycles. The van der Waals surface area contributed by atoms with Crippen LogP contribution in [0.15, 0.2) is 182 Å². The Morgan fingerprint density at radius 3 is 0.869 bits per heavy atom. The maximum Gasteiger partial charge on any atom is 0.472 e. The van der Waals surface area contributed by atoms with Gasteiger partial charge in [0.25, 0.3) is 0 Å². The largest absolute Gasteiger partial charge is 0.472 e. The van der Waals surface area contributed by atoms with Crippen molar-refractivity contribution in [2.45, 2.75) is 226 Å². The van der Waals surface area contributed by atoms with Gasteiger partial charge in [0.15, 0.2) is 6.10 Å². The first kappa shape index (κ1) is 78.6. The number of rotatable bonds is 56. The summed E-state index contributed by atoms with van der Waals surface area (Å²) in [6, 6.07) is 0. The number of allylic oxidation sites excluding steroid dienone is 30. The van der Waals surface area contributed by atoms with E-state index in [2.05, 4.69) is 203 Å². The van der Waals surface area contributed by atoms with E-state index in [0.29, 0.717) is 19.3 Å². The fourth-order valence-electron chi connectivity index (χ4n) is 7.61. The van der Waals surface area contributed by atoms with Gasteiger partial charge in [0.2, 0.25) is 0 Å². The van der Waals surface area contributed by atoms with E-state index in [1.54, 1.807) is 0 Å². The third-order valence-electron chi connectivity index (χ3n) is 12.3. The van der Waals surface area contributed by atoms with Crippen molar-refractivity contribution in [3.05, 3.63) is 182 Å². The lowest BCUT2D eigenvalue weighted by atomic mass is 10.1. The summed E-state index contributed by atoms with van der Waals surface area (Å²) >= 11 is 0. The zero-order valence-corrected chi connectivity index (χ0v) is 52.9. The normalized spacial score (nSPS) is 14.5. The first-order valence-corrected chi connectivity index (χ1v) is 33.2. The minimum atomic E-state index is -4.80. The number of aliphatic hydroxyl groups is 1. The van der Waals surface area contributed by atoms with Crippen LogP contribution < -0.4 is 0 Å². The molecule has 0 aromatic heterocycles. The molecule has 0 aliphatic heterocycles. The number of hydrogen-bond donors (Lipinski definition) is 2. The van der Waals surface area contributed by atoms with Crippen molar-refractivity contribution in [2.75, 3.05) is 26.4 Å². The lowest BCUT2D eigenvalue weighted by Crippen LogP contribution is -2.30. The SMILES string of the molecule is CC/C=C\C/C=C\C/C=C\C/C=C\C/C=C\CCCCCC(=O)OCC(COP(=O)(O)OCC(CO)OC(=O)CCCCC/C=C\C/C=C\C/C=C\C/C=C\C/C=C\CC)OC(=O)CCCCC/C=C\C/C=C\C/C=C\C/C=C\C/C=C\CC. The highest BCUT2D eigenvalue weighted by Gasteiger charge is 2.28. The third kappa shape index (κ3) is 61.1. The summed E-state index contributed by atoms with van der Waals surface area (Å²) in [5.41, 5.74) is 0. The second kappa shape index (κ2) is 63.6. The monoisotopic (exact) mass is 1180 g/mol. The van der Waals surface area contributed by atoms with Gasteiger partial charge in [-0.2, -0.15) is 0 Å². The van der Waals surface area contributed by atoms with Gasteiger partial charge in [0.05, 0.1) is 19.8 Å². The molecule has 0 bridgehead atoms. The molecule has 0 rings (SSSR count). The predicted octanol–water partition coefficient (Wildman–Crippen LogP) is 19.6. The molecule has 0 radical (unpaired) electrons. The van der Waals surface area contributed by atoms with Gasteiger partial charge in [0.1, 0.15) is 12.7 Å². The van der Waals surface area contributed by atoms with Gasteiger partial charge in [-0.25, -0.2) is 4.57 Å². The molecule has 0 aliphatic rings. The van der Waals surface area contributed by atoms with Crippen LogP contribution >= 0.6 is 7.82 Å². The van der Waals surface area contributed by atoms with Gasteiger partial charge >= 0.3 is 25.7 Å². The number of hydrogen-bond acceptors (Lipinski definition) is 10. The molecule has 11 nitrogen and oxygen atoms in total. The van der Waals surface area contributed by atoms with E-state index >= 15 is 0 Å². The average molecular weight is 1180 g/mol. The molecule has 0 aliphatic carbocycles. The average Bonchev–Trinajstić information content (AvgIpc) is 3.55. The standard InChI is InChI=1S/C72H111O11P/c1-4-7-10-13-16-19-22-25-28-31-34-37-40-43-46-49-52-55-58-61-70(74)79-65-69(83-72(76)63-60-57-54-51-48-45-42-39-36-33-30-27-24-21-18-15-12-9-6-3)67-81-84(77,78)80-66-68(64-73)82-71(75)62-59-56-53-50-47-44-41-38-35-32-29-26-23-20-17-14-11-8-5-2/h7-12,16-21,25-30,34-39,43-48,68-69,73H,4-6,13-15,22-24,31-33,40-42,49-67H2,1-3H3,(H,77,78)/b10-7-,11-8-,12-9-,19-16-,20-17-,21-18-,28-25-,29-26-,30-27-,37-34-,38-35-,39-36-,46-43-,47-44-,48-45-. The van der Waals surface area contributed by atoms with Crippen LogP contribution in [0, 0.1) is 0 Å². The van der Waals surface area contributed by atoms with Crippen molar-refractivity contribution in [1.29, 1.82) is 0 Å². The molecule has 2 N–H and O–H groups in total. The van der Waals surface area contributed by atoms with Crippen LogP contribution in [-0.4, -0.2) is 66.5 Å². The Morgan fingerprint density at radius 2 is 0.583 bits per heavy atom. The van der Waals surface area contributed by atoms with Crippen LogP contribution in [0.2, 0.25) is 0 Å². The Hall–Kier alpha value is -5.42. The predicted molar refractivity (Wildman–Crippen MR) is 352 cm³/mol. The maximum atomic E-state index is 13.0. The van der Waals surface area contributed by atoms with Crippen LogP contribution in [-0.2, 0) is 42.2 Å². The molecule has 12 heteroatoms. The Balaban J connectivity index is 4.89. The van der Waals surface area contributed by atoms with E-state index in [-0.39, 0.29) is 25.9 Å². The maximum absolute atomic E-state index is 13.0. The summed E-state index contributed by atoms with van der Waals surface area (Å²) in [6.45, 7) is 4.17. The molecule has 0 heterocycles. The molecule has 0 spiro atoms. The Kier molecular flexibility index (Phi) is 59.5. The van der Waals surface area contributed by atoms with Crippen molar-refractivity contribution in [3.8, 4) is 0 Å². The van der Waals surface area contributed by atoms with E-state index in [9.17, 15) is 28.9 Å². The smallest absolute Gasteiger partial charge is 0.462 e. The molecule has 3 unspecified atom stereocenters. The van der Waals surface area contributed by atoms with Crippen molar-refractivity contribution >= 4 is 25.7 Å². The van der Waals surface area contributed by atoms with E-state index in [0.717, 1.165) is 154 Å². The number of unbranched alkanes of at least 4 members (excludes halogenated alkanes) is 9. The van der Waals surface area contributed by atoms with Crippen molar-refractivity contribution < 1.29 is 52.2 Å². The number of phosphoric acid groups is 1. The molecule has 84 heavy (non-hydrogen) atoms. The van der Waals surface area contributed by atoms with E-state index in [1.165, 1.54) is 0 Å². The highest BCUT2D eigenvalue weighted by molar-refractivity contribution is 7.47. The Morgan fingerprint density at radius 1 is 0.333 bits per heavy atom. The summed E-state index contributed by atoms with van der Waals surface area (Å²) in [7, 11) is -4.80. The molecule has 470 valence electrons.